The zero-order valence-corrected chi connectivity index (χ0v) is 15.6. The minimum atomic E-state index is -3.76. The number of carbonyl (C=O) groups excluding carboxylic acids is 1. The van der Waals surface area contributed by atoms with E-state index in [0.717, 1.165) is 4.31 Å². The Hall–Kier alpha value is -2.27. The number of nitrogens with zero attached hydrogens (tertiary/aromatic N) is 1. The number of anilines is 1. The van der Waals surface area contributed by atoms with Crippen LogP contribution in [0.3, 0.4) is 0 Å². The Morgan fingerprint density at radius 2 is 1.58 bits per heavy atom. The Bertz CT molecular complexity index is 972. The molecule has 0 unspecified atom stereocenters. The van der Waals surface area contributed by atoms with E-state index in [4.69, 9.17) is 5.14 Å². The van der Waals surface area contributed by atoms with Crippen LogP contribution in [0.2, 0.25) is 0 Å². The van der Waals surface area contributed by atoms with Gasteiger partial charge in [-0.05, 0) is 29.8 Å². The number of rotatable bonds is 7. The van der Waals surface area contributed by atoms with E-state index < -0.39 is 26.0 Å². The molecule has 3 N–H and O–H groups in total. The van der Waals surface area contributed by atoms with Crippen LogP contribution in [0.25, 0.3) is 0 Å². The topological polar surface area (TPSA) is 127 Å². The van der Waals surface area contributed by atoms with Crippen LogP contribution in [0.4, 0.5) is 5.69 Å². The number of sulfonamides is 2. The molecule has 0 radical (unpaired) electrons. The predicted octanol–water partition coefficient (Wildman–Crippen LogP) is 0.734. The molecular weight excluding hydrogens is 378 g/mol. The van der Waals surface area contributed by atoms with Gasteiger partial charge in [0.1, 0.15) is 0 Å². The molecule has 8 nitrogen and oxygen atoms in total. The van der Waals surface area contributed by atoms with E-state index in [2.05, 4.69) is 5.32 Å². The molecule has 2 aromatic rings. The molecule has 0 aliphatic rings. The molecule has 2 aromatic carbocycles. The maximum Gasteiger partial charge on any atom is 0.243 e. The van der Waals surface area contributed by atoms with Crippen molar-refractivity contribution in [1.29, 1.82) is 0 Å². The summed E-state index contributed by atoms with van der Waals surface area (Å²) in [5.41, 5.74) is 0.896. The SMILES string of the molecule is CN(CC(=O)Nc1ccc(CS(N)(=O)=O)cc1)S(=O)(=O)c1ccccc1. The Kier molecular flexibility index (Phi) is 6.13. The Labute approximate surface area is 152 Å². The first-order valence-electron chi connectivity index (χ1n) is 7.48. The van der Waals surface area contributed by atoms with Crippen LogP contribution >= 0.6 is 0 Å². The molecule has 1 amide bonds. The van der Waals surface area contributed by atoms with E-state index in [1.54, 1.807) is 18.2 Å². The van der Waals surface area contributed by atoms with E-state index >= 15 is 0 Å². The number of nitrogens with two attached hydrogens (primary N) is 1. The summed E-state index contributed by atoms with van der Waals surface area (Å²) in [5.74, 6) is -0.828. The fraction of sp³-hybridized carbons (Fsp3) is 0.188. The molecule has 0 aliphatic carbocycles. The summed E-state index contributed by atoms with van der Waals surface area (Å²) in [4.78, 5) is 12.2. The first-order valence-corrected chi connectivity index (χ1v) is 10.6. The van der Waals surface area contributed by atoms with Gasteiger partial charge in [-0.1, -0.05) is 30.3 Å². The second-order valence-corrected chi connectivity index (χ2v) is 9.29. The van der Waals surface area contributed by atoms with Crippen LogP contribution in [-0.2, 0) is 30.6 Å². The number of hydrogen-bond acceptors (Lipinski definition) is 5. The molecule has 0 heterocycles. The number of likely N-dealkylation sites (N-methyl/N-ethyl adjacent to an activating group) is 1. The Morgan fingerprint density at radius 1 is 1.00 bits per heavy atom. The lowest BCUT2D eigenvalue weighted by molar-refractivity contribution is -0.116. The standard InChI is InChI=1S/C16H19N3O5S2/c1-19(26(23,24)15-5-3-2-4-6-15)11-16(20)18-14-9-7-13(8-10-14)12-25(17,21)22/h2-10H,11-12H2,1H3,(H,18,20)(H2,17,21,22). The van der Waals surface area contributed by atoms with Gasteiger partial charge in [-0.25, -0.2) is 22.0 Å². The first kappa shape index (κ1) is 20.0. The van der Waals surface area contributed by atoms with Crippen molar-refractivity contribution < 1.29 is 21.6 Å². The molecule has 0 atom stereocenters. The molecule has 0 aromatic heterocycles. The van der Waals surface area contributed by atoms with Crippen LogP contribution in [0, 0.1) is 0 Å². The van der Waals surface area contributed by atoms with Crippen LogP contribution in [-0.4, -0.2) is 40.6 Å². The zero-order valence-electron chi connectivity index (χ0n) is 14.0. The van der Waals surface area contributed by atoms with Gasteiger partial charge in [-0.3, -0.25) is 4.79 Å². The van der Waals surface area contributed by atoms with Crippen molar-refractivity contribution in [3.05, 3.63) is 60.2 Å². The monoisotopic (exact) mass is 397 g/mol. The second-order valence-electron chi connectivity index (χ2n) is 5.63. The lowest BCUT2D eigenvalue weighted by Crippen LogP contribution is -2.34. The minimum absolute atomic E-state index is 0.0997. The van der Waals surface area contributed by atoms with E-state index in [-0.39, 0.29) is 17.2 Å². The summed E-state index contributed by atoms with van der Waals surface area (Å²) in [6.45, 7) is -0.365. The fourth-order valence-corrected chi connectivity index (χ4v) is 3.98. The lowest BCUT2D eigenvalue weighted by atomic mass is 10.2. The van der Waals surface area contributed by atoms with Gasteiger partial charge in [0.2, 0.25) is 26.0 Å². The highest BCUT2D eigenvalue weighted by molar-refractivity contribution is 7.89. The van der Waals surface area contributed by atoms with E-state index in [9.17, 15) is 21.6 Å². The third-order valence-corrected chi connectivity index (χ3v) is 5.98. The smallest absolute Gasteiger partial charge is 0.243 e. The average molecular weight is 397 g/mol. The summed E-state index contributed by atoms with van der Waals surface area (Å²) in [7, 11) is -6.08. The second kappa shape index (κ2) is 7.96. The highest BCUT2D eigenvalue weighted by Gasteiger charge is 2.22. The van der Waals surface area contributed by atoms with E-state index in [0.29, 0.717) is 11.3 Å². The van der Waals surface area contributed by atoms with Crippen molar-refractivity contribution in [2.45, 2.75) is 10.6 Å². The number of carbonyl (C=O) groups is 1. The lowest BCUT2D eigenvalue weighted by Gasteiger charge is -2.17. The van der Waals surface area contributed by atoms with Crippen molar-refractivity contribution in [2.75, 3.05) is 18.9 Å². The number of primary sulfonamides is 1. The zero-order chi connectivity index (χ0) is 19.4. The largest absolute Gasteiger partial charge is 0.325 e. The Morgan fingerprint density at radius 3 is 2.12 bits per heavy atom. The number of hydrogen-bond donors (Lipinski definition) is 2. The predicted molar refractivity (Wildman–Crippen MR) is 98.1 cm³/mol. The van der Waals surface area contributed by atoms with E-state index in [1.807, 2.05) is 0 Å². The molecule has 0 bridgehead atoms. The third kappa shape index (κ3) is 5.63. The fourth-order valence-electron chi connectivity index (χ4n) is 2.18. The maximum atomic E-state index is 12.4. The van der Waals surface area contributed by atoms with Gasteiger partial charge in [0.25, 0.3) is 0 Å². The van der Waals surface area contributed by atoms with Crippen LogP contribution in [0.1, 0.15) is 5.56 Å². The van der Waals surface area contributed by atoms with Gasteiger partial charge in [0, 0.05) is 12.7 Å². The summed E-state index contributed by atoms with van der Waals surface area (Å²) < 4.78 is 47.8. The van der Waals surface area contributed by atoms with Crippen molar-refractivity contribution in [1.82, 2.24) is 4.31 Å². The Balaban J connectivity index is 2.00. The van der Waals surface area contributed by atoms with Crippen molar-refractivity contribution >= 4 is 31.6 Å². The van der Waals surface area contributed by atoms with E-state index in [1.165, 1.54) is 43.4 Å². The first-order chi connectivity index (χ1) is 12.1. The summed E-state index contributed by atoms with van der Waals surface area (Å²) >= 11 is 0. The molecule has 26 heavy (non-hydrogen) atoms. The van der Waals surface area contributed by atoms with Crippen LogP contribution in [0.15, 0.2) is 59.5 Å². The molecule has 0 spiro atoms. The molecule has 140 valence electrons. The van der Waals surface area contributed by atoms with Gasteiger partial charge in [-0.2, -0.15) is 4.31 Å². The molecule has 0 saturated carbocycles. The minimum Gasteiger partial charge on any atom is -0.325 e. The van der Waals surface area contributed by atoms with Gasteiger partial charge >= 0.3 is 0 Å². The molecule has 0 saturated heterocycles. The number of nitrogens with one attached hydrogen (secondary N) is 1. The summed E-state index contributed by atoms with van der Waals surface area (Å²) in [5, 5.41) is 7.53. The molecule has 10 heteroatoms. The van der Waals surface area contributed by atoms with Gasteiger partial charge in [0.15, 0.2) is 0 Å². The van der Waals surface area contributed by atoms with Crippen molar-refractivity contribution in [3.63, 3.8) is 0 Å². The quantitative estimate of drug-likeness (QED) is 0.712. The van der Waals surface area contributed by atoms with Gasteiger partial charge in [-0.15, -0.1) is 0 Å². The molecule has 0 aliphatic heterocycles. The summed E-state index contributed by atoms with van der Waals surface area (Å²) in [6.07, 6.45) is 0. The maximum absolute atomic E-state index is 12.4. The van der Waals surface area contributed by atoms with Crippen LogP contribution < -0.4 is 10.5 Å². The van der Waals surface area contributed by atoms with Crippen LogP contribution in [0.5, 0.6) is 0 Å². The van der Waals surface area contributed by atoms with Crippen molar-refractivity contribution in [2.24, 2.45) is 5.14 Å². The van der Waals surface area contributed by atoms with Crippen molar-refractivity contribution in [3.8, 4) is 0 Å². The molecule has 0 fully saturated rings. The average Bonchev–Trinajstić information content (AvgIpc) is 2.56. The summed E-state index contributed by atoms with van der Waals surface area (Å²) in [6, 6.07) is 13.9. The third-order valence-electron chi connectivity index (χ3n) is 3.42. The molecule has 2 rings (SSSR count). The van der Waals surface area contributed by atoms with Gasteiger partial charge < -0.3 is 5.32 Å². The number of benzene rings is 2. The normalized spacial score (nSPS) is 12.1. The highest BCUT2D eigenvalue weighted by atomic mass is 32.2. The number of amides is 1. The highest BCUT2D eigenvalue weighted by Crippen LogP contribution is 2.14. The van der Waals surface area contributed by atoms with Gasteiger partial charge in [0.05, 0.1) is 17.2 Å². The molecular formula is C16H19N3O5S2.